The number of benzene rings is 1. The average molecular weight is 304 g/mol. The van der Waals surface area contributed by atoms with Gasteiger partial charge in [-0.3, -0.25) is 14.9 Å². The van der Waals surface area contributed by atoms with Crippen molar-refractivity contribution in [3.63, 3.8) is 0 Å². The lowest BCUT2D eigenvalue weighted by molar-refractivity contribution is -0.136. The first-order valence-electron chi connectivity index (χ1n) is 6.37. The van der Waals surface area contributed by atoms with Gasteiger partial charge in [-0.05, 0) is 18.1 Å². The lowest BCUT2D eigenvalue weighted by atomic mass is 10.1. The Kier molecular flexibility index (Phi) is 5.02. The van der Waals surface area contributed by atoms with Gasteiger partial charge in [-0.25, -0.2) is 4.98 Å². The number of hydrogen-bond acceptors (Lipinski definition) is 5. The molecule has 1 aromatic carbocycles. The number of thiazole rings is 1. The summed E-state index contributed by atoms with van der Waals surface area (Å²) in [5, 5.41) is 7.23. The summed E-state index contributed by atoms with van der Waals surface area (Å²) in [6, 6.07) is 7.52. The number of aromatic nitrogens is 1. The number of aryl methyl sites for hydroxylation is 1. The van der Waals surface area contributed by atoms with Crippen LogP contribution in [0.1, 0.15) is 16.8 Å². The maximum atomic E-state index is 11.7. The number of rotatable bonds is 4. The fourth-order valence-electron chi connectivity index (χ4n) is 1.69. The standard InChI is InChI=1S/C14H16N4O2S/c1-9-8-21-14(17-9)18-13(20)12(19)16-7-11-4-2-3-10(5-11)6-15/h2-5,8H,6-7,15H2,1H3,(H,16,19)(H,17,18,20). The molecule has 21 heavy (non-hydrogen) atoms. The largest absolute Gasteiger partial charge is 0.344 e. The SMILES string of the molecule is Cc1csc(NC(=O)C(=O)NCc2cccc(CN)c2)n1. The molecule has 0 fully saturated rings. The van der Waals surface area contributed by atoms with E-state index in [2.05, 4.69) is 15.6 Å². The molecule has 0 aliphatic rings. The Labute approximate surface area is 126 Å². The van der Waals surface area contributed by atoms with Crippen LogP contribution in [0.2, 0.25) is 0 Å². The summed E-state index contributed by atoms with van der Waals surface area (Å²) in [6.45, 7) is 2.53. The predicted molar refractivity (Wildman–Crippen MR) is 81.7 cm³/mol. The van der Waals surface area contributed by atoms with Gasteiger partial charge in [0, 0.05) is 18.5 Å². The van der Waals surface area contributed by atoms with E-state index in [0.29, 0.717) is 11.7 Å². The summed E-state index contributed by atoms with van der Waals surface area (Å²) in [4.78, 5) is 27.5. The van der Waals surface area contributed by atoms with E-state index in [0.717, 1.165) is 16.8 Å². The molecule has 110 valence electrons. The number of amides is 2. The predicted octanol–water partition coefficient (Wildman–Crippen LogP) is 1.17. The Balaban J connectivity index is 1.87. The van der Waals surface area contributed by atoms with Crippen LogP contribution in [0.15, 0.2) is 29.6 Å². The zero-order chi connectivity index (χ0) is 15.2. The van der Waals surface area contributed by atoms with E-state index in [1.165, 1.54) is 11.3 Å². The summed E-state index contributed by atoms with van der Waals surface area (Å²) in [5.74, 6) is -1.42. The van der Waals surface area contributed by atoms with Gasteiger partial charge in [0.25, 0.3) is 0 Å². The Morgan fingerprint density at radius 2 is 2.05 bits per heavy atom. The minimum atomic E-state index is -0.723. The van der Waals surface area contributed by atoms with Crippen LogP contribution in [0, 0.1) is 6.92 Å². The van der Waals surface area contributed by atoms with Gasteiger partial charge in [0.15, 0.2) is 5.13 Å². The summed E-state index contributed by atoms with van der Waals surface area (Å²) >= 11 is 1.28. The molecule has 0 aliphatic heterocycles. The first-order valence-corrected chi connectivity index (χ1v) is 7.25. The molecule has 0 bridgehead atoms. The Morgan fingerprint density at radius 3 is 2.71 bits per heavy atom. The van der Waals surface area contributed by atoms with Crippen molar-refractivity contribution in [2.45, 2.75) is 20.0 Å². The molecule has 0 saturated heterocycles. The maximum Gasteiger partial charge on any atom is 0.315 e. The van der Waals surface area contributed by atoms with Crippen LogP contribution < -0.4 is 16.4 Å². The highest BCUT2D eigenvalue weighted by Crippen LogP contribution is 2.13. The number of anilines is 1. The zero-order valence-corrected chi connectivity index (χ0v) is 12.4. The average Bonchev–Trinajstić information content (AvgIpc) is 2.90. The van der Waals surface area contributed by atoms with Crippen molar-refractivity contribution in [2.75, 3.05) is 5.32 Å². The zero-order valence-electron chi connectivity index (χ0n) is 11.6. The number of nitrogens with two attached hydrogens (primary N) is 1. The molecule has 1 heterocycles. The molecule has 7 heteroatoms. The van der Waals surface area contributed by atoms with Gasteiger partial charge in [-0.1, -0.05) is 24.3 Å². The number of carbonyl (C=O) groups excluding carboxylic acids is 2. The minimum absolute atomic E-state index is 0.275. The molecule has 1 aromatic heterocycles. The van der Waals surface area contributed by atoms with E-state index in [4.69, 9.17) is 5.73 Å². The molecule has 4 N–H and O–H groups in total. The van der Waals surface area contributed by atoms with E-state index >= 15 is 0 Å². The summed E-state index contributed by atoms with van der Waals surface area (Å²) in [7, 11) is 0. The van der Waals surface area contributed by atoms with Crippen molar-refractivity contribution in [2.24, 2.45) is 5.73 Å². The molecule has 0 spiro atoms. The van der Waals surface area contributed by atoms with Crippen LogP contribution in [0.4, 0.5) is 5.13 Å². The highest BCUT2D eigenvalue weighted by Gasteiger charge is 2.14. The highest BCUT2D eigenvalue weighted by molar-refractivity contribution is 7.14. The number of hydrogen-bond donors (Lipinski definition) is 3. The second-order valence-corrected chi connectivity index (χ2v) is 5.31. The van der Waals surface area contributed by atoms with Crippen molar-refractivity contribution in [1.29, 1.82) is 0 Å². The van der Waals surface area contributed by atoms with Gasteiger partial charge < -0.3 is 11.1 Å². The first kappa shape index (κ1) is 15.1. The molecule has 0 atom stereocenters. The fourth-order valence-corrected chi connectivity index (χ4v) is 2.38. The van der Waals surface area contributed by atoms with E-state index in [-0.39, 0.29) is 6.54 Å². The Morgan fingerprint density at radius 1 is 1.29 bits per heavy atom. The molecule has 0 saturated carbocycles. The maximum absolute atomic E-state index is 11.7. The third kappa shape index (κ3) is 4.37. The number of carbonyl (C=O) groups is 2. The molecule has 6 nitrogen and oxygen atoms in total. The molecular formula is C14H16N4O2S. The van der Waals surface area contributed by atoms with Crippen molar-refractivity contribution in [3.05, 3.63) is 46.5 Å². The fraction of sp³-hybridized carbons (Fsp3) is 0.214. The number of nitrogens with zero attached hydrogens (tertiary/aromatic N) is 1. The van der Waals surface area contributed by atoms with Crippen LogP contribution in [0.25, 0.3) is 0 Å². The van der Waals surface area contributed by atoms with Gasteiger partial charge in [0.1, 0.15) is 0 Å². The first-order chi connectivity index (χ1) is 10.1. The van der Waals surface area contributed by atoms with Gasteiger partial charge in [0.05, 0.1) is 5.69 Å². The second kappa shape index (κ2) is 6.96. The smallest absolute Gasteiger partial charge is 0.315 e. The van der Waals surface area contributed by atoms with Crippen LogP contribution in [-0.4, -0.2) is 16.8 Å². The van der Waals surface area contributed by atoms with Crippen LogP contribution in [0.5, 0.6) is 0 Å². The van der Waals surface area contributed by atoms with Gasteiger partial charge in [-0.2, -0.15) is 0 Å². The van der Waals surface area contributed by atoms with Gasteiger partial charge in [0.2, 0.25) is 0 Å². The van der Waals surface area contributed by atoms with Crippen LogP contribution >= 0.6 is 11.3 Å². The Hall–Kier alpha value is -2.25. The lowest BCUT2D eigenvalue weighted by Crippen LogP contribution is -2.34. The molecule has 0 radical (unpaired) electrons. The monoisotopic (exact) mass is 304 g/mol. The summed E-state index contributed by atoms with van der Waals surface area (Å²) < 4.78 is 0. The van der Waals surface area contributed by atoms with E-state index in [1.807, 2.05) is 31.2 Å². The van der Waals surface area contributed by atoms with Crippen LogP contribution in [-0.2, 0) is 22.7 Å². The van der Waals surface area contributed by atoms with Crippen LogP contribution in [0.3, 0.4) is 0 Å². The van der Waals surface area contributed by atoms with Crippen molar-refractivity contribution >= 4 is 28.3 Å². The van der Waals surface area contributed by atoms with E-state index in [1.54, 1.807) is 5.38 Å². The quantitative estimate of drug-likeness (QED) is 0.738. The second-order valence-electron chi connectivity index (χ2n) is 4.45. The molecule has 2 aromatic rings. The molecule has 2 rings (SSSR count). The molecule has 0 aliphatic carbocycles. The minimum Gasteiger partial charge on any atom is -0.344 e. The molecule has 2 amide bonds. The normalized spacial score (nSPS) is 10.2. The molecule has 0 unspecified atom stereocenters. The van der Waals surface area contributed by atoms with Gasteiger partial charge >= 0.3 is 11.8 Å². The lowest BCUT2D eigenvalue weighted by Gasteiger charge is -2.06. The van der Waals surface area contributed by atoms with Crippen molar-refractivity contribution < 1.29 is 9.59 Å². The van der Waals surface area contributed by atoms with E-state index in [9.17, 15) is 9.59 Å². The summed E-state index contributed by atoms with van der Waals surface area (Å²) in [6.07, 6.45) is 0. The van der Waals surface area contributed by atoms with Gasteiger partial charge in [-0.15, -0.1) is 11.3 Å². The summed E-state index contributed by atoms with van der Waals surface area (Å²) in [5.41, 5.74) is 8.22. The third-order valence-corrected chi connectivity index (χ3v) is 3.60. The Bertz CT molecular complexity index is 654. The number of nitrogens with one attached hydrogen (secondary N) is 2. The van der Waals surface area contributed by atoms with E-state index < -0.39 is 11.8 Å². The van der Waals surface area contributed by atoms with Crippen molar-refractivity contribution in [3.8, 4) is 0 Å². The highest BCUT2D eigenvalue weighted by atomic mass is 32.1. The topological polar surface area (TPSA) is 97.1 Å². The molecular weight excluding hydrogens is 288 g/mol. The third-order valence-electron chi connectivity index (χ3n) is 2.73. The van der Waals surface area contributed by atoms with Crippen molar-refractivity contribution in [1.82, 2.24) is 10.3 Å².